The Labute approximate surface area is 178 Å². The fourth-order valence-electron chi connectivity index (χ4n) is 10.3. The van der Waals surface area contributed by atoms with Gasteiger partial charge in [0.05, 0.1) is 35.6 Å². The van der Waals surface area contributed by atoms with E-state index in [9.17, 15) is 15.3 Å². The topological polar surface area (TPSA) is 91.6 Å². The molecule has 6 fully saturated rings. The summed E-state index contributed by atoms with van der Waals surface area (Å²) >= 11 is 0. The van der Waals surface area contributed by atoms with Crippen molar-refractivity contribution in [3.8, 4) is 0 Å². The first kappa shape index (κ1) is 20.3. The SMILES string of the molecule is CCN1C[C@@]2(O)CC[C@@H](OC)[C@]34[C@@H]2[C@@H](O)[C@@H]([C@@H]13)[C@]1(O)C[C@@H](OC)[C@H]2C[C@H]4[C@H]1[C@H]2OC. The molecule has 7 bridgehead atoms. The quantitative estimate of drug-likeness (QED) is 0.597. The second-order valence-electron chi connectivity index (χ2n) is 11.1. The summed E-state index contributed by atoms with van der Waals surface area (Å²) in [5.74, 6) is -0.297. The maximum Gasteiger partial charge on any atom is 0.0834 e. The Bertz CT molecular complexity index is 736. The van der Waals surface area contributed by atoms with E-state index in [2.05, 4.69) is 11.8 Å². The van der Waals surface area contributed by atoms with Gasteiger partial charge in [-0.1, -0.05) is 6.92 Å². The first-order valence-electron chi connectivity index (χ1n) is 11.8. The fourth-order valence-corrected chi connectivity index (χ4v) is 10.3. The molecule has 6 aliphatic rings. The number of ether oxygens (including phenoxy) is 3. The van der Waals surface area contributed by atoms with E-state index in [1.54, 1.807) is 21.3 Å². The molecule has 1 saturated heterocycles. The van der Waals surface area contributed by atoms with Crippen molar-refractivity contribution >= 4 is 0 Å². The van der Waals surface area contributed by atoms with Crippen LogP contribution in [-0.2, 0) is 14.2 Å². The molecule has 7 nitrogen and oxygen atoms in total. The van der Waals surface area contributed by atoms with Gasteiger partial charge in [-0.15, -0.1) is 0 Å². The average molecular weight is 424 g/mol. The molecule has 5 saturated carbocycles. The summed E-state index contributed by atoms with van der Waals surface area (Å²) in [5.41, 5.74) is -2.38. The minimum Gasteiger partial charge on any atom is -0.392 e. The fraction of sp³-hybridized carbons (Fsp3) is 1.00. The van der Waals surface area contributed by atoms with Crippen LogP contribution in [-0.4, -0.2) is 96.3 Å². The highest BCUT2D eigenvalue weighted by molar-refractivity contribution is 5.36. The third kappa shape index (κ3) is 1.91. The normalized spacial score (nSPS) is 63.3. The summed E-state index contributed by atoms with van der Waals surface area (Å²) in [6, 6.07) is 0.00568. The number of aliphatic hydroxyl groups is 3. The number of nitrogens with zero attached hydrogens (tertiary/aromatic N) is 1. The van der Waals surface area contributed by atoms with Gasteiger partial charge in [0.15, 0.2) is 0 Å². The number of β-amino-alcohol motifs (C(OH)–C–C–N with tert-alkyl or cyclic N) is 1. The monoisotopic (exact) mass is 423 g/mol. The van der Waals surface area contributed by atoms with Crippen molar-refractivity contribution in [1.29, 1.82) is 0 Å². The van der Waals surface area contributed by atoms with Gasteiger partial charge in [-0.25, -0.2) is 0 Å². The van der Waals surface area contributed by atoms with Crippen molar-refractivity contribution in [2.24, 2.45) is 35.0 Å². The third-order valence-electron chi connectivity index (χ3n) is 10.8. The highest BCUT2D eigenvalue weighted by Crippen LogP contribution is 2.77. The van der Waals surface area contributed by atoms with Gasteiger partial charge in [-0.3, -0.25) is 4.90 Å². The van der Waals surface area contributed by atoms with Gasteiger partial charge in [0.1, 0.15) is 0 Å². The molecular weight excluding hydrogens is 386 g/mol. The Morgan fingerprint density at radius 1 is 1.07 bits per heavy atom. The lowest BCUT2D eigenvalue weighted by molar-refractivity contribution is -0.285. The molecule has 13 atom stereocenters. The molecule has 0 aromatic carbocycles. The third-order valence-corrected chi connectivity index (χ3v) is 10.8. The van der Waals surface area contributed by atoms with Gasteiger partial charge in [-0.05, 0) is 31.7 Å². The zero-order chi connectivity index (χ0) is 21.2. The van der Waals surface area contributed by atoms with E-state index in [0.29, 0.717) is 19.4 Å². The molecule has 7 heteroatoms. The molecule has 0 radical (unpaired) electrons. The van der Waals surface area contributed by atoms with Crippen LogP contribution < -0.4 is 0 Å². The Hall–Kier alpha value is -0.280. The summed E-state index contributed by atoms with van der Waals surface area (Å²) in [7, 11) is 5.25. The number of hydrogen-bond acceptors (Lipinski definition) is 7. The van der Waals surface area contributed by atoms with Crippen LogP contribution in [0.15, 0.2) is 0 Å². The van der Waals surface area contributed by atoms with Crippen molar-refractivity contribution in [3.63, 3.8) is 0 Å². The number of rotatable bonds is 4. The van der Waals surface area contributed by atoms with Crippen molar-refractivity contribution in [3.05, 3.63) is 0 Å². The Kier molecular flexibility index (Phi) is 4.19. The first-order chi connectivity index (χ1) is 14.3. The second-order valence-corrected chi connectivity index (χ2v) is 11.1. The van der Waals surface area contributed by atoms with E-state index in [0.717, 1.165) is 19.4 Å². The molecule has 0 aromatic heterocycles. The Morgan fingerprint density at radius 2 is 1.83 bits per heavy atom. The lowest BCUT2D eigenvalue weighted by Crippen LogP contribution is -2.77. The van der Waals surface area contributed by atoms with Crippen LogP contribution in [0.3, 0.4) is 0 Å². The zero-order valence-corrected chi connectivity index (χ0v) is 18.5. The molecule has 6 rings (SSSR count). The van der Waals surface area contributed by atoms with Gasteiger partial charge in [-0.2, -0.15) is 0 Å². The largest absolute Gasteiger partial charge is 0.392 e. The van der Waals surface area contributed by atoms with E-state index in [-0.39, 0.29) is 59.4 Å². The molecule has 1 spiro atoms. The summed E-state index contributed by atoms with van der Waals surface area (Å²) in [5, 5.41) is 36.1. The van der Waals surface area contributed by atoms with Crippen molar-refractivity contribution in [2.75, 3.05) is 34.4 Å². The van der Waals surface area contributed by atoms with E-state index in [1.165, 1.54) is 0 Å². The van der Waals surface area contributed by atoms with Crippen molar-refractivity contribution in [2.45, 2.75) is 74.3 Å². The molecule has 1 heterocycles. The van der Waals surface area contributed by atoms with Crippen LogP contribution in [0.1, 0.15) is 32.6 Å². The van der Waals surface area contributed by atoms with Gasteiger partial charge < -0.3 is 29.5 Å². The number of likely N-dealkylation sites (N-methyl/N-ethyl adjacent to an activating group) is 1. The van der Waals surface area contributed by atoms with Gasteiger partial charge in [0.25, 0.3) is 0 Å². The number of likely N-dealkylation sites (tertiary alicyclic amines) is 1. The molecule has 30 heavy (non-hydrogen) atoms. The van der Waals surface area contributed by atoms with Crippen LogP contribution in [0, 0.1) is 35.0 Å². The van der Waals surface area contributed by atoms with E-state index in [4.69, 9.17) is 14.2 Å². The number of methoxy groups -OCH3 is 3. The van der Waals surface area contributed by atoms with E-state index >= 15 is 0 Å². The molecule has 3 N–H and O–H groups in total. The standard InChI is InChI=1S/C23H37NO6/c1-5-24-10-21(26)7-6-14(29-3)23-12-8-11-13(28-2)9-22(27,15(12)18(11)30-4)16(20(23)24)17(25)19(21)23/h11-20,25-27H,5-10H2,1-4H3/t11-,12+,13-,14-,15+,16+,17+,18+,19-,20-,21+,22+,23-/m1/s1. The number of aliphatic hydroxyl groups excluding tert-OH is 1. The highest BCUT2D eigenvalue weighted by Gasteiger charge is 2.86. The number of fused-ring (bicyclic) bond motifs is 2. The van der Waals surface area contributed by atoms with Crippen molar-refractivity contribution < 1.29 is 29.5 Å². The van der Waals surface area contributed by atoms with Crippen LogP contribution >= 0.6 is 0 Å². The number of hydrogen-bond donors (Lipinski definition) is 3. The first-order valence-corrected chi connectivity index (χ1v) is 11.8. The Balaban J connectivity index is 1.62. The van der Waals surface area contributed by atoms with Crippen LogP contribution in [0.4, 0.5) is 0 Å². The van der Waals surface area contributed by atoms with Gasteiger partial charge >= 0.3 is 0 Å². The summed E-state index contributed by atoms with van der Waals surface area (Å²) < 4.78 is 18.1. The minimum absolute atomic E-state index is 0.00568. The summed E-state index contributed by atoms with van der Waals surface area (Å²) in [6.07, 6.45) is 1.90. The molecular formula is C23H37NO6. The molecule has 0 aromatic rings. The molecule has 5 aliphatic carbocycles. The van der Waals surface area contributed by atoms with Crippen LogP contribution in [0.25, 0.3) is 0 Å². The molecule has 0 unspecified atom stereocenters. The van der Waals surface area contributed by atoms with E-state index in [1.807, 2.05) is 0 Å². The van der Waals surface area contributed by atoms with E-state index < -0.39 is 17.3 Å². The van der Waals surface area contributed by atoms with Crippen LogP contribution in [0.2, 0.25) is 0 Å². The maximum absolute atomic E-state index is 12.4. The molecule has 1 aliphatic heterocycles. The Morgan fingerprint density at radius 3 is 2.47 bits per heavy atom. The lowest BCUT2D eigenvalue weighted by Gasteiger charge is -2.68. The maximum atomic E-state index is 12.4. The average Bonchev–Trinajstić information content (AvgIpc) is 3.17. The molecule has 170 valence electrons. The smallest absolute Gasteiger partial charge is 0.0834 e. The number of piperidine rings is 1. The molecule has 0 amide bonds. The van der Waals surface area contributed by atoms with Crippen molar-refractivity contribution in [1.82, 2.24) is 4.90 Å². The van der Waals surface area contributed by atoms with Gasteiger partial charge in [0, 0.05) is 69.4 Å². The predicted octanol–water partition coefficient (Wildman–Crippen LogP) is 0.254. The minimum atomic E-state index is -1.07. The lowest BCUT2D eigenvalue weighted by atomic mass is 9.45. The highest BCUT2D eigenvalue weighted by atomic mass is 16.5. The summed E-state index contributed by atoms with van der Waals surface area (Å²) in [6.45, 7) is 3.49. The predicted molar refractivity (Wildman–Crippen MR) is 108 cm³/mol. The zero-order valence-electron chi connectivity index (χ0n) is 18.5. The van der Waals surface area contributed by atoms with Gasteiger partial charge in [0.2, 0.25) is 0 Å². The van der Waals surface area contributed by atoms with Crippen LogP contribution in [0.5, 0.6) is 0 Å². The second kappa shape index (κ2) is 6.19. The summed E-state index contributed by atoms with van der Waals surface area (Å²) in [4.78, 5) is 2.35.